The molecule has 1 fully saturated rings. The van der Waals surface area contributed by atoms with Crippen LogP contribution in [0.2, 0.25) is 5.02 Å². The van der Waals surface area contributed by atoms with Gasteiger partial charge in [-0.15, -0.1) is 0 Å². The number of nitrogens with one attached hydrogen (secondary N) is 2. The summed E-state index contributed by atoms with van der Waals surface area (Å²) in [5, 5.41) is 7.07. The summed E-state index contributed by atoms with van der Waals surface area (Å²) in [7, 11) is 0. The molecule has 20 heavy (non-hydrogen) atoms. The first-order valence-electron chi connectivity index (χ1n) is 7.40. The summed E-state index contributed by atoms with van der Waals surface area (Å²) in [6.45, 7) is 5.09. The number of hydrogen-bond donors (Lipinski definition) is 2. The van der Waals surface area contributed by atoms with Gasteiger partial charge in [-0.2, -0.15) is 0 Å². The molecule has 2 unspecified atom stereocenters. The minimum absolute atomic E-state index is 0.0694. The molecule has 1 aliphatic heterocycles. The molecule has 1 aromatic rings. The van der Waals surface area contributed by atoms with Gasteiger partial charge in [0.1, 0.15) is 0 Å². The fraction of sp³-hybridized carbons (Fsp3) is 0.562. The third kappa shape index (κ3) is 3.74. The van der Waals surface area contributed by atoms with Crippen LogP contribution in [0.5, 0.6) is 0 Å². The average molecular weight is 295 g/mol. The lowest BCUT2D eigenvalue weighted by Gasteiger charge is -2.30. The third-order valence-electron chi connectivity index (χ3n) is 4.14. The Morgan fingerprint density at radius 1 is 1.50 bits per heavy atom. The molecular weight excluding hydrogens is 272 g/mol. The largest absolute Gasteiger partial charge is 0.348 e. The van der Waals surface area contributed by atoms with Crippen molar-refractivity contribution in [3.63, 3.8) is 0 Å². The van der Waals surface area contributed by atoms with Crippen LogP contribution in [0.3, 0.4) is 0 Å². The van der Waals surface area contributed by atoms with Crippen molar-refractivity contribution in [1.29, 1.82) is 0 Å². The predicted molar refractivity (Wildman–Crippen MR) is 82.8 cm³/mol. The second-order valence-corrected chi connectivity index (χ2v) is 5.96. The van der Waals surface area contributed by atoms with E-state index in [0.717, 1.165) is 24.9 Å². The van der Waals surface area contributed by atoms with E-state index in [2.05, 4.69) is 17.6 Å². The van der Waals surface area contributed by atoms with Gasteiger partial charge in [0.05, 0.1) is 12.1 Å². The Morgan fingerprint density at radius 3 is 2.95 bits per heavy atom. The van der Waals surface area contributed by atoms with E-state index < -0.39 is 0 Å². The van der Waals surface area contributed by atoms with Gasteiger partial charge in [0.2, 0.25) is 5.91 Å². The van der Waals surface area contributed by atoms with E-state index in [9.17, 15) is 4.79 Å². The zero-order chi connectivity index (χ0) is 14.5. The van der Waals surface area contributed by atoms with Gasteiger partial charge < -0.3 is 10.6 Å². The van der Waals surface area contributed by atoms with Crippen LogP contribution < -0.4 is 10.6 Å². The molecular formula is C16H23ClN2O. The second kappa shape index (κ2) is 7.09. The molecule has 0 bridgehead atoms. The van der Waals surface area contributed by atoms with Gasteiger partial charge in [-0.1, -0.05) is 43.1 Å². The molecule has 3 nitrogen and oxygen atoms in total. The van der Waals surface area contributed by atoms with Crippen molar-refractivity contribution in [1.82, 2.24) is 10.6 Å². The number of benzene rings is 1. The van der Waals surface area contributed by atoms with E-state index in [4.69, 9.17) is 11.6 Å². The molecule has 1 heterocycles. The highest BCUT2D eigenvalue weighted by Crippen LogP contribution is 2.23. The first-order valence-corrected chi connectivity index (χ1v) is 7.77. The number of carbonyl (C=O) groups excluding carboxylic acids is 1. The number of piperidine rings is 1. The Morgan fingerprint density at radius 2 is 2.25 bits per heavy atom. The zero-order valence-electron chi connectivity index (χ0n) is 12.2. The van der Waals surface area contributed by atoms with Crippen LogP contribution in [0.25, 0.3) is 0 Å². The van der Waals surface area contributed by atoms with Gasteiger partial charge >= 0.3 is 0 Å². The summed E-state index contributed by atoms with van der Waals surface area (Å²) >= 11 is 6.17. The van der Waals surface area contributed by atoms with E-state index in [1.54, 1.807) is 0 Å². The maximum atomic E-state index is 12.3. The summed E-state index contributed by atoms with van der Waals surface area (Å²) in [5.41, 5.74) is 0.963. The number of carbonyl (C=O) groups is 1. The fourth-order valence-electron chi connectivity index (χ4n) is 2.78. The summed E-state index contributed by atoms with van der Waals surface area (Å²) < 4.78 is 0. The number of hydrogen-bond acceptors (Lipinski definition) is 2. The van der Waals surface area contributed by atoms with Crippen molar-refractivity contribution >= 4 is 17.5 Å². The normalized spacial score (nSPS) is 24.1. The van der Waals surface area contributed by atoms with Gasteiger partial charge in [0.15, 0.2) is 0 Å². The van der Waals surface area contributed by atoms with Gasteiger partial charge in [0, 0.05) is 5.02 Å². The maximum absolute atomic E-state index is 12.3. The van der Waals surface area contributed by atoms with Crippen LogP contribution in [0.1, 0.15) is 44.7 Å². The molecule has 0 aliphatic carbocycles. The topological polar surface area (TPSA) is 41.1 Å². The summed E-state index contributed by atoms with van der Waals surface area (Å²) in [6, 6.07) is 7.51. The van der Waals surface area contributed by atoms with E-state index in [0.29, 0.717) is 10.9 Å². The highest BCUT2D eigenvalue weighted by molar-refractivity contribution is 6.31. The van der Waals surface area contributed by atoms with Crippen molar-refractivity contribution in [2.75, 3.05) is 6.54 Å². The van der Waals surface area contributed by atoms with E-state index in [1.165, 1.54) is 6.42 Å². The number of amides is 1. The van der Waals surface area contributed by atoms with E-state index in [1.807, 2.05) is 31.2 Å². The lowest BCUT2D eigenvalue weighted by Crippen LogP contribution is -2.49. The second-order valence-electron chi connectivity index (χ2n) is 5.56. The van der Waals surface area contributed by atoms with E-state index >= 15 is 0 Å². The molecule has 110 valence electrons. The predicted octanol–water partition coefficient (Wildman–Crippen LogP) is 3.30. The number of rotatable bonds is 4. The van der Waals surface area contributed by atoms with Crippen molar-refractivity contribution in [3.8, 4) is 0 Å². The van der Waals surface area contributed by atoms with Crippen LogP contribution in [-0.4, -0.2) is 18.5 Å². The van der Waals surface area contributed by atoms with Crippen molar-refractivity contribution in [2.24, 2.45) is 5.92 Å². The van der Waals surface area contributed by atoms with E-state index in [-0.39, 0.29) is 18.0 Å². The Balaban J connectivity index is 1.95. The lowest BCUT2D eigenvalue weighted by atomic mass is 9.90. The lowest BCUT2D eigenvalue weighted by molar-refractivity contribution is -0.124. The highest BCUT2D eigenvalue weighted by Gasteiger charge is 2.26. The van der Waals surface area contributed by atoms with Crippen LogP contribution in [0, 0.1) is 5.92 Å². The van der Waals surface area contributed by atoms with Crippen LogP contribution in [-0.2, 0) is 4.79 Å². The van der Waals surface area contributed by atoms with Crippen molar-refractivity contribution in [2.45, 2.75) is 45.2 Å². The van der Waals surface area contributed by atoms with Gasteiger partial charge in [-0.05, 0) is 43.9 Å². The molecule has 0 saturated carbocycles. The third-order valence-corrected chi connectivity index (χ3v) is 4.48. The highest BCUT2D eigenvalue weighted by atomic mass is 35.5. The summed E-state index contributed by atoms with van der Waals surface area (Å²) in [4.78, 5) is 12.3. The number of halogens is 1. The molecule has 0 radical (unpaired) electrons. The quantitative estimate of drug-likeness (QED) is 0.894. The first-order chi connectivity index (χ1) is 9.61. The zero-order valence-corrected chi connectivity index (χ0v) is 12.9. The van der Waals surface area contributed by atoms with Crippen molar-refractivity contribution in [3.05, 3.63) is 34.9 Å². The molecule has 3 atom stereocenters. The van der Waals surface area contributed by atoms with Gasteiger partial charge in [-0.3, -0.25) is 4.79 Å². The smallest absolute Gasteiger partial charge is 0.237 e. The first kappa shape index (κ1) is 15.3. The molecule has 1 aliphatic rings. The van der Waals surface area contributed by atoms with Crippen molar-refractivity contribution < 1.29 is 4.79 Å². The van der Waals surface area contributed by atoms with Gasteiger partial charge in [-0.25, -0.2) is 0 Å². The standard InChI is InChI=1S/C16H23ClN2O/c1-3-12-8-9-18-15(10-12)16(20)19-11(2)13-6-4-5-7-14(13)17/h4-7,11-12,15,18H,3,8-10H2,1-2H3,(H,19,20)/t11-,12?,15?/m1/s1. The molecule has 2 N–H and O–H groups in total. The molecule has 4 heteroatoms. The Hall–Kier alpha value is -1.06. The Bertz CT molecular complexity index is 464. The molecule has 1 saturated heterocycles. The summed E-state index contributed by atoms with van der Waals surface area (Å²) in [6.07, 6.45) is 3.24. The molecule has 2 rings (SSSR count). The molecule has 0 aromatic heterocycles. The van der Waals surface area contributed by atoms with Crippen LogP contribution in [0.15, 0.2) is 24.3 Å². The molecule has 1 aromatic carbocycles. The summed E-state index contributed by atoms with van der Waals surface area (Å²) in [5.74, 6) is 0.734. The van der Waals surface area contributed by atoms with Crippen LogP contribution >= 0.6 is 11.6 Å². The Labute approximate surface area is 126 Å². The molecule has 0 spiro atoms. The minimum atomic E-state index is -0.0707. The average Bonchev–Trinajstić information content (AvgIpc) is 2.47. The SMILES string of the molecule is CCC1CCNC(C(=O)N[C@H](C)c2ccccc2Cl)C1. The maximum Gasteiger partial charge on any atom is 0.237 e. The fourth-order valence-corrected chi connectivity index (χ4v) is 3.08. The van der Waals surface area contributed by atoms with Crippen LogP contribution in [0.4, 0.5) is 0 Å². The molecule has 1 amide bonds. The minimum Gasteiger partial charge on any atom is -0.348 e. The monoisotopic (exact) mass is 294 g/mol. The Kier molecular flexibility index (Phi) is 5.44. The van der Waals surface area contributed by atoms with Gasteiger partial charge in [0.25, 0.3) is 0 Å².